The van der Waals surface area contributed by atoms with Gasteiger partial charge in [0.15, 0.2) is 0 Å². The topological polar surface area (TPSA) is 98.5 Å². The van der Waals surface area contributed by atoms with Crippen LogP contribution in [0.2, 0.25) is 0 Å². The van der Waals surface area contributed by atoms with Crippen molar-refractivity contribution in [1.82, 2.24) is 5.32 Å². The highest BCUT2D eigenvalue weighted by Gasteiger charge is 2.29. The molecule has 1 aliphatic rings. The van der Waals surface area contributed by atoms with Gasteiger partial charge in [0, 0.05) is 12.3 Å². The fourth-order valence-corrected chi connectivity index (χ4v) is 3.26. The van der Waals surface area contributed by atoms with Crippen LogP contribution >= 0.6 is 0 Å². The van der Waals surface area contributed by atoms with Crippen LogP contribution in [-0.4, -0.2) is 30.9 Å². The number of ether oxygens (including phenoxy) is 1. The van der Waals surface area contributed by atoms with E-state index in [9.17, 15) is 14.4 Å². The smallest absolute Gasteiger partial charge is 0.407 e. The lowest BCUT2D eigenvalue weighted by Gasteiger charge is -2.16. The Kier molecular flexibility index (Phi) is 5.31. The second-order valence-electron chi connectivity index (χ2n) is 6.22. The van der Waals surface area contributed by atoms with Gasteiger partial charge in [-0.15, -0.1) is 0 Å². The fraction of sp³-hybridized carbons (Fsp3) is 0.250. The SMILES string of the molecule is NC(=O)CC[C@@H](C=O)NC(=O)OCC1c2ccccc2-c2ccccc21. The van der Waals surface area contributed by atoms with Crippen LogP contribution in [0, 0.1) is 0 Å². The number of benzene rings is 2. The van der Waals surface area contributed by atoms with Gasteiger partial charge in [-0.05, 0) is 28.7 Å². The standard InChI is InChI=1S/C20H20N2O4/c21-19(24)10-9-13(11-23)22-20(25)26-12-18-16-7-3-1-5-14(16)15-6-2-4-8-17(15)18/h1-8,11,13,18H,9-10,12H2,(H2,21,24)(H,22,25)/t13-/m0/s1. The van der Waals surface area contributed by atoms with E-state index < -0.39 is 18.0 Å². The number of carbonyl (C=O) groups is 3. The number of nitrogens with two attached hydrogens (primary N) is 1. The van der Waals surface area contributed by atoms with Crippen LogP contribution in [0.1, 0.15) is 29.9 Å². The summed E-state index contributed by atoms with van der Waals surface area (Å²) in [4.78, 5) is 33.8. The molecule has 0 spiro atoms. The number of hydrogen-bond acceptors (Lipinski definition) is 4. The van der Waals surface area contributed by atoms with Gasteiger partial charge in [-0.1, -0.05) is 48.5 Å². The van der Waals surface area contributed by atoms with Crippen molar-refractivity contribution in [3.63, 3.8) is 0 Å². The summed E-state index contributed by atoms with van der Waals surface area (Å²) in [6.45, 7) is 0.168. The molecule has 6 nitrogen and oxygen atoms in total. The molecule has 2 amide bonds. The molecule has 1 atom stereocenters. The molecule has 0 aliphatic heterocycles. The summed E-state index contributed by atoms with van der Waals surface area (Å²) in [7, 11) is 0. The number of nitrogens with one attached hydrogen (secondary N) is 1. The molecular weight excluding hydrogens is 332 g/mol. The zero-order valence-corrected chi connectivity index (χ0v) is 14.2. The molecule has 0 fully saturated rings. The predicted octanol–water partition coefficient (Wildman–Crippen LogP) is 2.36. The van der Waals surface area contributed by atoms with E-state index in [0.717, 1.165) is 22.3 Å². The van der Waals surface area contributed by atoms with Crippen LogP contribution < -0.4 is 11.1 Å². The summed E-state index contributed by atoms with van der Waals surface area (Å²) < 4.78 is 5.35. The maximum Gasteiger partial charge on any atom is 0.407 e. The number of aldehydes is 1. The molecule has 0 saturated carbocycles. The Hall–Kier alpha value is -3.15. The average Bonchev–Trinajstić information content (AvgIpc) is 2.97. The highest BCUT2D eigenvalue weighted by molar-refractivity contribution is 5.79. The lowest BCUT2D eigenvalue weighted by Crippen LogP contribution is -2.37. The number of carbonyl (C=O) groups excluding carboxylic acids is 3. The van der Waals surface area contributed by atoms with Crippen molar-refractivity contribution in [1.29, 1.82) is 0 Å². The molecule has 134 valence electrons. The normalized spacial score (nSPS) is 13.4. The summed E-state index contributed by atoms with van der Waals surface area (Å²) in [6.07, 6.45) is 0.0638. The molecule has 26 heavy (non-hydrogen) atoms. The quantitative estimate of drug-likeness (QED) is 0.747. The Morgan fingerprint density at radius 3 is 2.19 bits per heavy atom. The summed E-state index contributed by atoms with van der Waals surface area (Å²) in [5.74, 6) is -0.570. The van der Waals surface area contributed by atoms with E-state index in [-0.39, 0.29) is 25.4 Å². The van der Waals surface area contributed by atoms with E-state index in [1.807, 2.05) is 36.4 Å². The molecule has 0 saturated heterocycles. The molecule has 0 bridgehead atoms. The second kappa shape index (κ2) is 7.82. The van der Waals surface area contributed by atoms with Crippen molar-refractivity contribution in [2.45, 2.75) is 24.8 Å². The molecule has 1 aliphatic carbocycles. The van der Waals surface area contributed by atoms with Crippen molar-refractivity contribution in [3.8, 4) is 11.1 Å². The zero-order valence-electron chi connectivity index (χ0n) is 14.2. The third kappa shape index (κ3) is 3.74. The number of rotatable bonds is 7. The van der Waals surface area contributed by atoms with Crippen molar-refractivity contribution in [3.05, 3.63) is 59.7 Å². The highest BCUT2D eigenvalue weighted by atomic mass is 16.5. The third-order valence-corrected chi connectivity index (χ3v) is 4.51. The minimum atomic E-state index is -0.793. The van der Waals surface area contributed by atoms with Gasteiger partial charge in [-0.3, -0.25) is 4.79 Å². The Morgan fingerprint density at radius 2 is 1.65 bits per heavy atom. The lowest BCUT2D eigenvalue weighted by atomic mass is 9.98. The maximum atomic E-state index is 12.0. The minimum absolute atomic E-state index is 0.0209. The van der Waals surface area contributed by atoms with E-state index in [0.29, 0.717) is 6.29 Å². The average molecular weight is 352 g/mol. The Balaban J connectivity index is 1.65. The number of primary amides is 1. The molecule has 2 aromatic carbocycles. The summed E-state index contributed by atoms with van der Waals surface area (Å²) in [5, 5.41) is 2.46. The molecule has 2 aromatic rings. The van der Waals surface area contributed by atoms with Gasteiger partial charge in [0.25, 0.3) is 0 Å². The van der Waals surface area contributed by atoms with E-state index in [1.165, 1.54) is 0 Å². The van der Waals surface area contributed by atoms with Crippen LogP contribution in [0.3, 0.4) is 0 Å². The van der Waals surface area contributed by atoms with Crippen molar-refractivity contribution in [2.24, 2.45) is 5.73 Å². The first-order chi connectivity index (χ1) is 12.6. The van der Waals surface area contributed by atoms with Crippen LogP contribution in [0.25, 0.3) is 11.1 Å². The second-order valence-corrected chi connectivity index (χ2v) is 6.22. The van der Waals surface area contributed by atoms with Gasteiger partial charge in [0.2, 0.25) is 5.91 Å². The first-order valence-corrected chi connectivity index (χ1v) is 8.45. The predicted molar refractivity (Wildman–Crippen MR) is 96.5 cm³/mol. The van der Waals surface area contributed by atoms with Gasteiger partial charge < -0.3 is 20.6 Å². The molecule has 6 heteroatoms. The van der Waals surface area contributed by atoms with Crippen LogP contribution in [0.5, 0.6) is 0 Å². The molecule has 0 radical (unpaired) electrons. The Labute approximate surface area is 151 Å². The van der Waals surface area contributed by atoms with Crippen molar-refractivity contribution >= 4 is 18.3 Å². The Morgan fingerprint density at radius 1 is 1.08 bits per heavy atom. The summed E-state index contributed by atoms with van der Waals surface area (Å²) in [6, 6.07) is 15.3. The van der Waals surface area contributed by atoms with Gasteiger partial charge in [0.05, 0.1) is 6.04 Å². The van der Waals surface area contributed by atoms with Gasteiger partial charge >= 0.3 is 6.09 Å². The lowest BCUT2D eigenvalue weighted by molar-refractivity contribution is -0.118. The monoisotopic (exact) mass is 352 g/mol. The van der Waals surface area contributed by atoms with E-state index in [1.54, 1.807) is 0 Å². The number of amides is 2. The fourth-order valence-electron chi connectivity index (χ4n) is 3.26. The number of fused-ring (bicyclic) bond motifs is 3. The van der Waals surface area contributed by atoms with Crippen LogP contribution in [-0.2, 0) is 14.3 Å². The summed E-state index contributed by atoms with van der Waals surface area (Å²) >= 11 is 0. The van der Waals surface area contributed by atoms with E-state index >= 15 is 0 Å². The van der Waals surface area contributed by atoms with Crippen molar-refractivity contribution in [2.75, 3.05) is 6.61 Å². The van der Waals surface area contributed by atoms with E-state index in [4.69, 9.17) is 10.5 Å². The molecule has 0 heterocycles. The zero-order chi connectivity index (χ0) is 18.5. The highest BCUT2D eigenvalue weighted by Crippen LogP contribution is 2.44. The number of alkyl carbamates (subject to hydrolysis) is 1. The molecule has 0 aromatic heterocycles. The Bertz CT molecular complexity index is 789. The minimum Gasteiger partial charge on any atom is -0.449 e. The molecular formula is C20H20N2O4. The number of hydrogen-bond donors (Lipinski definition) is 2. The maximum absolute atomic E-state index is 12.0. The molecule has 3 N–H and O–H groups in total. The molecule has 0 unspecified atom stereocenters. The van der Waals surface area contributed by atoms with Gasteiger partial charge in [-0.2, -0.15) is 0 Å². The van der Waals surface area contributed by atoms with Gasteiger partial charge in [-0.25, -0.2) is 4.79 Å². The van der Waals surface area contributed by atoms with E-state index in [2.05, 4.69) is 17.4 Å². The third-order valence-electron chi connectivity index (χ3n) is 4.51. The first-order valence-electron chi connectivity index (χ1n) is 8.45. The van der Waals surface area contributed by atoms with Crippen LogP contribution in [0.4, 0.5) is 4.79 Å². The van der Waals surface area contributed by atoms with Gasteiger partial charge in [0.1, 0.15) is 12.9 Å². The molecule has 3 rings (SSSR count). The first kappa shape index (κ1) is 17.7. The van der Waals surface area contributed by atoms with Crippen LogP contribution in [0.15, 0.2) is 48.5 Å². The van der Waals surface area contributed by atoms with Crippen molar-refractivity contribution < 1.29 is 19.1 Å². The largest absolute Gasteiger partial charge is 0.449 e. The summed E-state index contributed by atoms with van der Waals surface area (Å²) in [5.41, 5.74) is 9.57.